The highest BCUT2D eigenvalue weighted by molar-refractivity contribution is 5.66. The molecule has 0 radical (unpaired) electrons. The van der Waals surface area contributed by atoms with Crippen molar-refractivity contribution in [2.24, 2.45) is 5.92 Å². The molecule has 0 aliphatic heterocycles. The van der Waals surface area contributed by atoms with Gasteiger partial charge < -0.3 is 5.11 Å². The van der Waals surface area contributed by atoms with Crippen LogP contribution in [0.4, 0.5) is 0 Å². The van der Waals surface area contributed by atoms with E-state index in [0.29, 0.717) is 0 Å². The minimum Gasteiger partial charge on any atom is -0.481 e. The summed E-state index contributed by atoms with van der Waals surface area (Å²) in [5.41, 5.74) is 0. The van der Waals surface area contributed by atoms with Crippen molar-refractivity contribution in [1.82, 2.24) is 0 Å². The molecule has 0 amide bonds. The summed E-state index contributed by atoms with van der Waals surface area (Å²) in [7, 11) is 0. The van der Waals surface area contributed by atoms with Gasteiger partial charge in [0.1, 0.15) is 0 Å². The van der Waals surface area contributed by atoms with Crippen LogP contribution in [0, 0.1) is 5.92 Å². The highest BCUT2D eigenvalue weighted by atomic mass is 16.4. The summed E-state index contributed by atoms with van der Waals surface area (Å²) in [6.45, 7) is 5.35. The van der Waals surface area contributed by atoms with E-state index in [0.717, 1.165) is 5.92 Å². The van der Waals surface area contributed by atoms with Crippen LogP contribution in [-0.4, -0.2) is 11.1 Å². The van der Waals surface area contributed by atoms with Crippen LogP contribution in [0.25, 0.3) is 0 Å². The van der Waals surface area contributed by atoms with Crippen LogP contribution in [0.5, 0.6) is 0 Å². The average molecular weight is 198 g/mol. The maximum Gasteiger partial charge on any atom is 0.303 e. The molecule has 0 aromatic carbocycles. The molecule has 0 aromatic heterocycles. The number of carboxylic acids is 1. The van der Waals surface area contributed by atoms with Crippen molar-refractivity contribution in [3.8, 4) is 0 Å². The number of rotatable bonds is 3. The molecule has 0 atom stereocenters. The van der Waals surface area contributed by atoms with Gasteiger partial charge >= 0.3 is 5.97 Å². The molecule has 0 heterocycles. The molecule has 1 aliphatic rings. The van der Waals surface area contributed by atoms with Crippen LogP contribution in [0.3, 0.4) is 0 Å². The lowest BCUT2D eigenvalue weighted by atomic mass is 9.87. The number of carbonyl (C=O) groups is 1. The van der Waals surface area contributed by atoms with Crippen LogP contribution in [0.15, 0.2) is 12.7 Å². The van der Waals surface area contributed by atoms with Crippen molar-refractivity contribution in [1.29, 1.82) is 0 Å². The van der Waals surface area contributed by atoms with Crippen LogP contribution in [0.1, 0.15) is 51.9 Å². The molecule has 0 aromatic rings. The van der Waals surface area contributed by atoms with E-state index in [1.807, 2.05) is 0 Å². The standard InChI is InChI=1S/C9H16.C3H6O2/c1-2-6-9-7-4-3-5-8-9;1-2-3(4)5/h2,9H,1,3-8H2;2H2,1H3,(H,4,5). The molecule has 1 rings (SSSR count). The second kappa shape index (κ2) is 8.79. The smallest absolute Gasteiger partial charge is 0.303 e. The Morgan fingerprint density at radius 1 is 1.43 bits per heavy atom. The van der Waals surface area contributed by atoms with E-state index in [2.05, 4.69) is 12.7 Å². The second-order valence-electron chi connectivity index (χ2n) is 3.78. The first kappa shape index (κ1) is 13.2. The summed E-state index contributed by atoms with van der Waals surface area (Å²) >= 11 is 0. The highest BCUT2D eigenvalue weighted by Crippen LogP contribution is 2.25. The van der Waals surface area contributed by atoms with Gasteiger partial charge in [0, 0.05) is 6.42 Å². The molecule has 0 saturated heterocycles. The quantitative estimate of drug-likeness (QED) is 0.703. The molecular weight excluding hydrogens is 176 g/mol. The monoisotopic (exact) mass is 198 g/mol. The molecule has 2 heteroatoms. The SMILES string of the molecule is C=CCC1CCCCC1.CCC(=O)O. The number of carboxylic acid groups (broad SMARTS) is 1. The van der Waals surface area contributed by atoms with Crippen molar-refractivity contribution in [3.63, 3.8) is 0 Å². The van der Waals surface area contributed by atoms with E-state index in [4.69, 9.17) is 5.11 Å². The van der Waals surface area contributed by atoms with E-state index in [1.165, 1.54) is 38.5 Å². The summed E-state index contributed by atoms with van der Waals surface area (Å²) in [6, 6.07) is 0. The maximum atomic E-state index is 9.37. The van der Waals surface area contributed by atoms with Gasteiger partial charge in [-0.15, -0.1) is 6.58 Å². The number of hydrogen-bond acceptors (Lipinski definition) is 1. The lowest BCUT2D eigenvalue weighted by Crippen LogP contribution is -2.04. The van der Waals surface area contributed by atoms with Crippen LogP contribution in [-0.2, 0) is 4.79 Å². The highest BCUT2D eigenvalue weighted by Gasteiger charge is 2.10. The van der Waals surface area contributed by atoms with Gasteiger partial charge in [-0.05, 0) is 12.3 Å². The Kier molecular flexibility index (Phi) is 8.30. The Labute approximate surface area is 87.0 Å². The molecular formula is C12H22O2. The minimum atomic E-state index is -0.745. The molecule has 82 valence electrons. The fourth-order valence-electron chi connectivity index (χ4n) is 1.66. The molecule has 14 heavy (non-hydrogen) atoms. The summed E-state index contributed by atoms with van der Waals surface area (Å²) in [5, 5.41) is 7.72. The number of allylic oxidation sites excluding steroid dienone is 1. The van der Waals surface area contributed by atoms with Crippen molar-refractivity contribution < 1.29 is 9.90 Å². The molecule has 0 bridgehead atoms. The molecule has 2 nitrogen and oxygen atoms in total. The number of aliphatic carboxylic acids is 1. The summed E-state index contributed by atoms with van der Waals surface area (Å²) in [5.74, 6) is 0.237. The Hall–Kier alpha value is -0.790. The first-order valence-corrected chi connectivity index (χ1v) is 5.53. The van der Waals surface area contributed by atoms with Crippen molar-refractivity contribution in [2.75, 3.05) is 0 Å². The Bertz CT molecular complexity index is 158. The Morgan fingerprint density at radius 2 is 1.93 bits per heavy atom. The van der Waals surface area contributed by atoms with Gasteiger partial charge in [-0.1, -0.05) is 45.1 Å². The van der Waals surface area contributed by atoms with E-state index >= 15 is 0 Å². The zero-order valence-corrected chi connectivity index (χ0v) is 9.17. The Morgan fingerprint density at radius 3 is 2.29 bits per heavy atom. The molecule has 1 saturated carbocycles. The summed E-state index contributed by atoms with van der Waals surface area (Å²) in [6.07, 6.45) is 10.8. The van der Waals surface area contributed by atoms with Gasteiger partial charge in [-0.2, -0.15) is 0 Å². The first-order valence-electron chi connectivity index (χ1n) is 5.53. The summed E-state index contributed by atoms with van der Waals surface area (Å²) < 4.78 is 0. The zero-order valence-electron chi connectivity index (χ0n) is 9.17. The average Bonchev–Trinajstić information content (AvgIpc) is 2.21. The third-order valence-corrected chi connectivity index (χ3v) is 2.53. The molecule has 1 N–H and O–H groups in total. The maximum absolute atomic E-state index is 9.37. The molecule has 1 fully saturated rings. The molecule has 0 spiro atoms. The topological polar surface area (TPSA) is 37.3 Å². The third kappa shape index (κ3) is 7.84. The van der Waals surface area contributed by atoms with Gasteiger partial charge in [-0.25, -0.2) is 0 Å². The third-order valence-electron chi connectivity index (χ3n) is 2.53. The second-order valence-corrected chi connectivity index (χ2v) is 3.78. The van der Waals surface area contributed by atoms with Gasteiger partial charge in [-0.3, -0.25) is 4.79 Å². The largest absolute Gasteiger partial charge is 0.481 e. The van der Waals surface area contributed by atoms with Crippen molar-refractivity contribution in [2.45, 2.75) is 51.9 Å². The minimum absolute atomic E-state index is 0.222. The molecule has 0 unspecified atom stereocenters. The van der Waals surface area contributed by atoms with Crippen LogP contribution < -0.4 is 0 Å². The number of hydrogen-bond donors (Lipinski definition) is 1. The van der Waals surface area contributed by atoms with Crippen molar-refractivity contribution >= 4 is 5.97 Å². The normalized spacial score (nSPS) is 16.6. The van der Waals surface area contributed by atoms with E-state index < -0.39 is 5.97 Å². The van der Waals surface area contributed by atoms with E-state index in [9.17, 15) is 4.79 Å². The predicted molar refractivity (Wildman–Crippen MR) is 59.3 cm³/mol. The van der Waals surface area contributed by atoms with Gasteiger partial charge in [0.25, 0.3) is 0 Å². The Balaban J connectivity index is 0.000000292. The fourth-order valence-corrected chi connectivity index (χ4v) is 1.66. The lowest BCUT2D eigenvalue weighted by molar-refractivity contribution is -0.136. The van der Waals surface area contributed by atoms with Gasteiger partial charge in [0.15, 0.2) is 0 Å². The molecule has 1 aliphatic carbocycles. The first-order chi connectivity index (χ1) is 6.70. The fraction of sp³-hybridized carbons (Fsp3) is 0.750. The van der Waals surface area contributed by atoms with Crippen molar-refractivity contribution in [3.05, 3.63) is 12.7 Å². The lowest BCUT2D eigenvalue weighted by Gasteiger charge is -2.19. The van der Waals surface area contributed by atoms with Gasteiger partial charge in [0.2, 0.25) is 0 Å². The van der Waals surface area contributed by atoms with Gasteiger partial charge in [0.05, 0.1) is 0 Å². The summed E-state index contributed by atoms with van der Waals surface area (Å²) in [4.78, 5) is 9.37. The van der Waals surface area contributed by atoms with E-state index in [1.54, 1.807) is 6.92 Å². The van der Waals surface area contributed by atoms with Crippen LogP contribution >= 0.6 is 0 Å². The predicted octanol–water partition coefficient (Wildman–Crippen LogP) is 3.62. The zero-order chi connectivity index (χ0) is 10.8. The van der Waals surface area contributed by atoms with Crippen LogP contribution in [0.2, 0.25) is 0 Å². The van der Waals surface area contributed by atoms with E-state index in [-0.39, 0.29) is 6.42 Å².